The summed E-state index contributed by atoms with van der Waals surface area (Å²) in [6.07, 6.45) is 0. The second-order valence-electron chi connectivity index (χ2n) is 8.50. The van der Waals surface area contributed by atoms with Crippen LogP contribution in [0.1, 0.15) is 0 Å². The second kappa shape index (κ2) is 8.26. The van der Waals surface area contributed by atoms with Crippen LogP contribution in [0.4, 0.5) is 0 Å². The number of halogens is 1. The van der Waals surface area contributed by atoms with Crippen molar-refractivity contribution in [1.82, 2.24) is 19.9 Å². The summed E-state index contributed by atoms with van der Waals surface area (Å²) in [6.45, 7) is 0. The third-order valence-corrected chi connectivity index (χ3v) is 6.41. The summed E-state index contributed by atoms with van der Waals surface area (Å²) in [5.74, 6) is 1.56. The molecule has 0 aliphatic heterocycles. The first-order valence-corrected chi connectivity index (χ1v) is 11.9. The van der Waals surface area contributed by atoms with Crippen molar-refractivity contribution in [3.05, 3.63) is 108 Å². The molecule has 6 heteroatoms. The molecule has 36 heavy (non-hydrogen) atoms. The molecule has 0 aliphatic rings. The van der Waals surface area contributed by atoms with E-state index in [2.05, 4.69) is 29.2 Å². The highest BCUT2D eigenvalue weighted by Crippen LogP contribution is 2.36. The van der Waals surface area contributed by atoms with Gasteiger partial charge in [0.1, 0.15) is 22.0 Å². The van der Waals surface area contributed by atoms with Crippen LogP contribution in [0, 0.1) is 0 Å². The molecular weight excluding hydrogens is 468 g/mol. The fraction of sp³-hybridized carbons (Fsp3) is 0. The molecule has 0 amide bonds. The molecule has 0 saturated carbocycles. The van der Waals surface area contributed by atoms with Crippen LogP contribution < -0.4 is 0 Å². The average Bonchev–Trinajstić information content (AvgIpc) is 3.30. The monoisotopic (exact) mass is 484 g/mol. The van der Waals surface area contributed by atoms with Gasteiger partial charge in [-0.1, -0.05) is 96.5 Å². The Labute approximate surface area is 211 Å². The van der Waals surface area contributed by atoms with E-state index < -0.39 is 0 Å². The van der Waals surface area contributed by atoms with Crippen molar-refractivity contribution in [2.45, 2.75) is 0 Å². The number of aromatic nitrogens is 4. The summed E-state index contributed by atoms with van der Waals surface area (Å²) in [5, 5.41) is 4.33. The molecule has 0 spiro atoms. The minimum atomic E-state index is 0.311. The molecule has 4 aromatic carbocycles. The van der Waals surface area contributed by atoms with Gasteiger partial charge in [0.25, 0.3) is 0 Å². The lowest BCUT2D eigenvalue weighted by Gasteiger charge is -2.09. The van der Waals surface area contributed by atoms with Gasteiger partial charge < -0.3 is 4.42 Å². The van der Waals surface area contributed by atoms with Crippen LogP contribution >= 0.6 is 11.6 Å². The molecule has 5 nitrogen and oxygen atoms in total. The molecule has 0 fully saturated rings. The number of benzene rings is 4. The molecule has 170 valence electrons. The zero-order valence-corrected chi connectivity index (χ0v) is 19.6. The van der Waals surface area contributed by atoms with Crippen molar-refractivity contribution in [1.29, 1.82) is 0 Å². The van der Waals surface area contributed by atoms with Crippen LogP contribution in [0.3, 0.4) is 0 Å². The Kier molecular flexibility index (Phi) is 4.76. The fourth-order valence-corrected chi connectivity index (χ4v) is 4.71. The Bertz CT molecular complexity index is 1910. The summed E-state index contributed by atoms with van der Waals surface area (Å²) < 4.78 is 6.08. The fourth-order valence-electron chi connectivity index (χ4n) is 4.53. The van der Waals surface area contributed by atoms with E-state index in [1.807, 2.05) is 72.8 Å². The third-order valence-electron chi connectivity index (χ3n) is 6.22. The van der Waals surface area contributed by atoms with Crippen molar-refractivity contribution in [3.63, 3.8) is 0 Å². The number of furan rings is 1. The SMILES string of the molecule is Clc1cc2oc3ccccc3c2c(-c2nc(-c3ccccc3)nc(-c3ccc4ccccc4c3)n2)n1. The minimum absolute atomic E-state index is 0.311. The van der Waals surface area contributed by atoms with E-state index in [9.17, 15) is 0 Å². The molecule has 0 N–H and O–H groups in total. The van der Waals surface area contributed by atoms with Gasteiger partial charge >= 0.3 is 0 Å². The summed E-state index contributed by atoms with van der Waals surface area (Å²) >= 11 is 6.44. The first kappa shape index (κ1) is 20.7. The highest BCUT2D eigenvalue weighted by atomic mass is 35.5. The standard InChI is InChI=1S/C30H17ClN4O/c31-25-17-24-26(22-12-6-7-13-23(22)36-24)27(32-25)30-34-28(19-9-2-1-3-10-19)33-29(35-30)21-15-14-18-8-4-5-11-20(18)16-21/h1-17H. The van der Waals surface area contributed by atoms with Gasteiger partial charge in [-0.3, -0.25) is 0 Å². The molecule has 7 rings (SSSR count). The first-order chi connectivity index (χ1) is 17.7. The maximum Gasteiger partial charge on any atom is 0.183 e. The zero-order valence-electron chi connectivity index (χ0n) is 18.9. The topological polar surface area (TPSA) is 64.7 Å². The molecule has 3 aromatic heterocycles. The van der Waals surface area contributed by atoms with E-state index in [-0.39, 0.29) is 0 Å². The average molecular weight is 485 g/mol. The Morgan fingerprint density at radius 2 is 1.22 bits per heavy atom. The third kappa shape index (κ3) is 3.49. The molecule has 0 atom stereocenters. The highest BCUT2D eigenvalue weighted by Gasteiger charge is 2.20. The van der Waals surface area contributed by atoms with Gasteiger partial charge in [0, 0.05) is 22.6 Å². The second-order valence-corrected chi connectivity index (χ2v) is 8.89. The largest absolute Gasteiger partial charge is 0.456 e. The van der Waals surface area contributed by atoms with Gasteiger partial charge in [-0.25, -0.2) is 19.9 Å². The normalized spacial score (nSPS) is 11.5. The van der Waals surface area contributed by atoms with Gasteiger partial charge in [-0.2, -0.15) is 0 Å². The Morgan fingerprint density at radius 1 is 0.528 bits per heavy atom. The van der Waals surface area contributed by atoms with Gasteiger partial charge in [0.2, 0.25) is 0 Å². The number of nitrogens with zero attached hydrogens (tertiary/aromatic N) is 4. The van der Waals surface area contributed by atoms with Crippen LogP contribution in [0.25, 0.3) is 67.0 Å². The molecule has 0 unspecified atom stereocenters. The number of fused-ring (bicyclic) bond motifs is 4. The Balaban J connectivity index is 1.53. The van der Waals surface area contributed by atoms with E-state index in [0.717, 1.165) is 38.3 Å². The lowest BCUT2D eigenvalue weighted by Crippen LogP contribution is -2.01. The maximum absolute atomic E-state index is 6.44. The van der Waals surface area contributed by atoms with E-state index >= 15 is 0 Å². The first-order valence-electron chi connectivity index (χ1n) is 11.5. The summed E-state index contributed by atoms with van der Waals surface area (Å²) in [6, 6.07) is 33.9. The van der Waals surface area contributed by atoms with E-state index in [4.69, 9.17) is 31.0 Å². The number of rotatable bonds is 3. The predicted octanol–water partition coefficient (Wildman–Crippen LogP) is 7.97. The zero-order chi connectivity index (χ0) is 24.1. The number of pyridine rings is 1. The summed E-state index contributed by atoms with van der Waals surface area (Å²) in [4.78, 5) is 19.3. The highest BCUT2D eigenvalue weighted by molar-refractivity contribution is 6.30. The number of hydrogen-bond acceptors (Lipinski definition) is 5. The minimum Gasteiger partial charge on any atom is -0.456 e. The van der Waals surface area contributed by atoms with Crippen molar-refractivity contribution < 1.29 is 4.42 Å². The molecular formula is C30H17ClN4O. The quantitative estimate of drug-likeness (QED) is 0.238. The molecule has 0 saturated heterocycles. The molecule has 0 aliphatic carbocycles. The molecule has 0 radical (unpaired) electrons. The summed E-state index contributed by atoms with van der Waals surface area (Å²) in [7, 11) is 0. The van der Waals surface area contributed by atoms with Gasteiger partial charge in [-0.05, 0) is 22.9 Å². The predicted molar refractivity (Wildman–Crippen MR) is 144 cm³/mol. The molecule has 0 bridgehead atoms. The van der Waals surface area contributed by atoms with E-state index in [1.165, 1.54) is 0 Å². The van der Waals surface area contributed by atoms with E-state index in [1.54, 1.807) is 6.07 Å². The lowest BCUT2D eigenvalue weighted by atomic mass is 10.1. The maximum atomic E-state index is 6.44. The van der Waals surface area contributed by atoms with Crippen LogP contribution in [-0.4, -0.2) is 19.9 Å². The van der Waals surface area contributed by atoms with Crippen LogP contribution in [0.5, 0.6) is 0 Å². The number of para-hydroxylation sites is 1. The number of hydrogen-bond donors (Lipinski definition) is 0. The molecule has 7 aromatic rings. The molecule has 3 heterocycles. The van der Waals surface area contributed by atoms with Crippen molar-refractivity contribution in [2.24, 2.45) is 0 Å². The van der Waals surface area contributed by atoms with Crippen molar-refractivity contribution in [3.8, 4) is 34.3 Å². The van der Waals surface area contributed by atoms with Gasteiger partial charge in [0.15, 0.2) is 17.5 Å². The van der Waals surface area contributed by atoms with Crippen molar-refractivity contribution >= 4 is 44.3 Å². The lowest BCUT2D eigenvalue weighted by molar-refractivity contribution is 0.668. The van der Waals surface area contributed by atoms with Crippen LogP contribution in [0.15, 0.2) is 108 Å². The van der Waals surface area contributed by atoms with E-state index in [0.29, 0.717) is 33.9 Å². The van der Waals surface area contributed by atoms with Crippen molar-refractivity contribution in [2.75, 3.05) is 0 Å². The van der Waals surface area contributed by atoms with Crippen LogP contribution in [-0.2, 0) is 0 Å². The Hall–Kier alpha value is -4.61. The smallest absolute Gasteiger partial charge is 0.183 e. The van der Waals surface area contributed by atoms with Gasteiger partial charge in [-0.15, -0.1) is 0 Å². The van der Waals surface area contributed by atoms with Crippen LogP contribution in [0.2, 0.25) is 5.15 Å². The van der Waals surface area contributed by atoms with Gasteiger partial charge in [0.05, 0.1) is 5.39 Å². The Morgan fingerprint density at radius 3 is 2.08 bits per heavy atom. The summed E-state index contributed by atoms with van der Waals surface area (Å²) in [5.41, 5.74) is 3.73.